The van der Waals surface area contributed by atoms with E-state index in [2.05, 4.69) is 5.32 Å². The topological polar surface area (TPSA) is 64.3 Å². The summed E-state index contributed by atoms with van der Waals surface area (Å²) >= 11 is 0. The minimum Gasteiger partial charge on any atom is -0.379 e. The summed E-state index contributed by atoms with van der Waals surface area (Å²) in [4.78, 5) is 11.7. The fourth-order valence-electron chi connectivity index (χ4n) is 1.95. The number of carbonyl (C=O) groups excluding carboxylic acids is 1. The fraction of sp³-hybridized carbons (Fsp3) is 0.909. The molecule has 1 rings (SSSR count). The molecular weight excluding hydrogens is 192 g/mol. The average Bonchev–Trinajstić information content (AvgIpc) is 2.63. The van der Waals surface area contributed by atoms with Gasteiger partial charge in [0.1, 0.15) is 0 Å². The van der Waals surface area contributed by atoms with Crippen LogP contribution in [0.3, 0.4) is 0 Å². The van der Waals surface area contributed by atoms with Gasteiger partial charge in [-0.25, -0.2) is 0 Å². The first-order valence-electron chi connectivity index (χ1n) is 5.65. The number of methoxy groups -OCH3 is 1. The van der Waals surface area contributed by atoms with Gasteiger partial charge in [0.05, 0.1) is 18.2 Å². The minimum atomic E-state index is -0.414. The average molecular weight is 214 g/mol. The first kappa shape index (κ1) is 12.5. The van der Waals surface area contributed by atoms with Crippen molar-refractivity contribution in [3.8, 4) is 0 Å². The third-order valence-electron chi connectivity index (χ3n) is 3.10. The Morgan fingerprint density at radius 2 is 2.13 bits per heavy atom. The van der Waals surface area contributed by atoms with Gasteiger partial charge in [-0.15, -0.1) is 0 Å². The number of nitrogens with two attached hydrogens (primary N) is 1. The first-order chi connectivity index (χ1) is 7.06. The standard InChI is InChI=1S/C11H22N2O2/c1-7(2)10(12)11(14)13-8-5-4-6-9(8)15-3/h7-10H,4-6,12H2,1-3H3,(H,13,14)/t8?,9?,10-/m0/s1. The second kappa shape index (κ2) is 5.47. The second-order valence-electron chi connectivity index (χ2n) is 4.59. The van der Waals surface area contributed by atoms with Gasteiger partial charge < -0.3 is 15.8 Å². The number of rotatable bonds is 4. The van der Waals surface area contributed by atoms with Crippen LogP contribution >= 0.6 is 0 Å². The molecule has 15 heavy (non-hydrogen) atoms. The maximum Gasteiger partial charge on any atom is 0.237 e. The Balaban J connectivity index is 2.43. The van der Waals surface area contributed by atoms with Gasteiger partial charge in [-0.05, 0) is 25.2 Å². The van der Waals surface area contributed by atoms with E-state index in [1.165, 1.54) is 0 Å². The van der Waals surface area contributed by atoms with Crippen LogP contribution in [0.25, 0.3) is 0 Å². The predicted octanol–water partition coefficient (Wildman–Crippen LogP) is 0.653. The van der Waals surface area contributed by atoms with Crippen molar-refractivity contribution in [3.63, 3.8) is 0 Å². The van der Waals surface area contributed by atoms with Crippen molar-refractivity contribution in [2.45, 2.75) is 51.3 Å². The largest absolute Gasteiger partial charge is 0.379 e. The molecule has 0 spiro atoms. The predicted molar refractivity (Wildman–Crippen MR) is 59.4 cm³/mol. The van der Waals surface area contributed by atoms with E-state index in [1.807, 2.05) is 13.8 Å². The summed E-state index contributed by atoms with van der Waals surface area (Å²) in [6, 6.07) is -0.268. The Morgan fingerprint density at radius 1 is 1.47 bits per heavy atom. The van der Waals surface area contributed by atoms with Gasteiger partial charge in [-0.3, -0.25) is 4.79 Å². The summed E-state index contributed by atoms with van der Waals surface area (Å²) < 4.78 is 5.31. The molecule has 0 bridgehead atoms. The van der Waals surface area contributed by atoms with Crippen molar-refractivity contribution >= 4 is 5.91 Å². The molecule has 2 unspecified atom stereocenters. The third kappa shape index (κ3) is 3.18. The van der Waals surface area contributed by atoms with Gasteiger partial charge in [-0.2, -0.15) is 0 Å². The second-order valence-corrected chi connectivity index (χ2v) is 4.59. The summed E-state index contributed by atoms with van der Waals surface area (Å²) in [5, 5.41) is 2.97. The monoisotopic (exact) mass is 214 g/mol. The molecule has 1 aliphatic rings. The molecule has 1 amide bonds. The van der Waals surface area contributed by atoms with Crippen LogP contribution in [0.15, 0.2) is 0 Å². The lowest BCUT2D eigenvalue weighted by Crippen LogP contribution is -2.50. The molecular formula is C11H22N2O2. The number of carbonyl (C=O) groups is 1. The zero-order valence-corrected chi connectivity index (χ0v) is 9.82. The molecule has 0 saturated heterocycles. The van der Waals surface area contributed by atoms with Crippen LogP contribution < -0.4 is 11.1 Å². The molecule has 0 aromatic heterocycles. The van der Waals surface area contributed by atoms with Crippen LogP contribution in [-0.4, -0.2) is 31.2 Å². The molecule has 1 aliphatic carbocycles. The molecule has 0 aliphatic heterocycles. The van der Waals surface area contributed by atoms with E-state index in [9.17, 15) is 4.79 Å². The molecule has 3 N–H and O–H groups in total. The van der Waals surface area contributed by atoms with Gasteiger partial charge in [0.2, 0.25) is 5.91 Å². The van der Waals surface area contributed by atoms with Gasteiger partial charge in [0.25, 0.3) is 0 Å². The van der Waals surface area contributed by atoms with E-state index < -0.39 is 6.04 Å². The summed E-state index contributed by atoms with van der Waals surface area (Å²) in [5.41, 5.74) is 5.77. The van der Waals surface area contributed by atoms with E-state index in [0.29, 0.717) is 0 Å². The minimum absolute atomic E-state index is 0.0565. The number of hydrogen-bond donors (Lipinski definition) is 2. The maximum atomic E-state index is 11.7. The lowest BCUT2D eigenvalue weighted by Gasteiger charge is -2.23. The zero-order valence-electron chi connectivity index (χ0n) is 9.82. The Hall–Kier alpha value is -0.610. The lowest BCUT2D eigenvalue weighted by atomic mass is 10.0. The highest BCUT2D eigenvalue weighted by Gasteiger charge is 2.30. The molecule has 0 aromatic rings. The van der Waals surface area contributed by atoms with E-state index in [1.54, 1.807) is 7.11 Å². The van der Waals surface area contributed by atoms with E-state index in [4.69, 9.17) is 10.5 Å². The van der Waals surface area contributed by atoms with Crippen LogP contribution in [0.1, 0.15) is 33.1 Å². The normalized spacial score (nSPS) is 28.1. The van der Waals surface area contributed by atoms with Gasteiger partial charge >= 0.3 is 0 Å². The van der Waals surface area contributed by atoms with Gasteiger partial charge in [-0.1, -0.05) is 13.8 Å². The lowest BCUT2D eigenvalue weighted by molar-refractivity contribution is -0.124. The van der Waals surface area contributed by atoms with Gasteiger partial charge in [0.15, 0.2) is 0 Å². The maximum absolute atomic E-state index is 11.7. The summed E-state index contributed by atoms with van der Waals surface area (Å²) in [6.07, 6.45) is 3.29. The molecule has 0 heterocycles. The first-order valence-corrected chi connectivity index (χ1v) is 5.65. The van der Waals surface area contributed by atoms with Gasteiger partial charge in [0, 0.05) is 7.11 Å². The van der Waals surface area contributed by atoms with Crippen LogP contribution in [-0.2, 0) is 9.53 Å². The molecule has 4 nitrogen and oxygen atoms in total. The third-order valence-corrected chi connectivity index (χ3v) is 3.10. The molecule has 1 fully saturated rings. The fourth-order valence-corrected chi connectivity index (χ4v) is 1.95. The Bertz CT molecular complexity index is 219. The van der Waals surface area contributed by atoms with Crippen LogP contribution in [0.4, 0.5) is 0 Å². The van der Waals surface area contributed by atoms with Crippen molar-refractivity contribution in [1.82, 2.24) is 5.32 Å². The van der Waals surface area contributed by atoms with Crippen LogP contribution in [0, 0.1) is 5.92 Å². The Kier molecular flexibility index (Phi) is 4.54. The quantitative estimate of drug-likeness (QED) is 0.722. The van der Waals surface area contributed by atoms with Crippen molar-refractivity contribution in [1.29, 1.82) is 0 Å². The SMILES string of the molecule is COC1CCCC1NC(=O)[C@@H](N)C(C)C. The van der Waals surface area contributed by atoms with E-state index >= 15 is 0 Å². The highest BCUT2D eigenvalue weighted by molar-refractivity contribution is 5.82. The van der Waals surface area contributed by atoms with Crippen molar-refractivity contribution < 1.29 is 9.53 Å². The molecule has 3 atom stereocenters. The Labute approximate surface area is 91.5 Å². The highest BCUT2D eigenvalue weighted by atomic mass is 16.5. The summed E-state index contributed by atoms with van der Waals surface area (Å²) in [7, 11) is 1.69. The summed E-state index contributed by atoms with van der Waals surface area (Å²) in [5.74, 6) is 0.117. The zero-order chi connectivity index (χ0) is 11.4. The number of ether oxygens (including phenoxy) is 1. The number of nitrogens with one attached hydrogen (secondary N) is 1. The van der Waals surface area contributed by atoms with Crippen molar-refractivity contribution in [2.75, 3.05) is 7.11 Å². The molecule has 0 radical (unpaired) electrons. The number of amides is 1. The molecule has 0 aromatic carbocycles. The Morgan fingerprint density at radius 3 is 2.67 bits per heavy atom. The molecule has 1 saturated carbocycles. The van der Waals surface area contributed by atoms with E-state index in [-0.39, 0.29) is 24.0 Å². The molecule has 4 heteroatoms. The van der Waals surface area contributed by atoms with Crippen LogP contribution in [0.5, 0.6) is 0 Å². The van der Waals surface area contributed by atoms with E-state index in [0.717, 1.165) is 19.3 Å². The summed E-state index contributed by atoms with van der Waals surface area (Å²) in [6.45, 7) is 3.90. The van der Waals surface area contributed by atoms with Crippen LogP contribution in [0.2, 0.25) is 0 Å². The van der Waals surface area contributed by atoms with Crippen molar-refractivity contribution in [3.05, 3.63) is 0 Å². The highest BCUT2D eigenvalue weighted by Crippen LogP contribution is 2.21. The van der Waals surface area contributed by atoms with Crippen molar-refractivity contribution in [2.24, 2.45) is 11.7 Å². The smallest absolute Gasteiger partial charge is 0.237 e. The molecule has 88 valence electrons. The number of hydrogen-bond acceptors (Lipinski definition) is 3.